The van der Waals surface area contributed by atoms with E-state index >= 15 is 0 Å². The summed E-state index contributed by atoms with van der Waals surface area (Å²) in [5, 5.41) is 6.33. The van der Waals surface area contributed by atoms with Crippen molar-refractivity contribution in [1.29, 1.82) is 0 Å². The summed E-state index contributed by atoms with van der Waals surface area (Å²) in [6, 6.07) is 15.0. The van der Waals surface area contributed by atoms with Crippen LogP contribution in [0.2, 0.25) is 5.02 Å². The van der Waals surface area contributed by atoms with E-state index in [1.807, 2.05) is 43.3 Å². The Labute approximate surface area is 158 Å². The molecule has 1 aliphatic heterocycles. The molecule has 0 saturated carbocycles. The number of aryl methyl sites for hydroxylation is 1. The van der Waals surface area contributed by atoms with Crippen molar-refractivity contribution >= 4 is 29.2 Å². The Morgan fingerprint density at radius 1 is 1.12 bits per heavy atom. The van der Waals surface area contributed by atoms with E-state index in [0.29, 0.717) is 31.1 Å². The number of rotatable bonds is 5. The number of hydrogen-bond donors (Lipinski definition) is 2. The van der Waals surface area contributed by atoms with E-state index in [-0.39, 0.29) is 17.9 Å². The number of halogens is 1. The van der Waals surface area contributed by atoms with E-state index in [4.69, 9.17) is 11.6 Å². The van der Waals surface area contributed by atoms with Gasteiger partial charge in [-0.3, -0.25) is 4.79 Å². The minimum absolute atomic E-state index is 0.0993. The molecule has 3 rings (SSSR count). The van der Waals surface area contributed by atoms with E-state index in [0.717, 1.165) is 16.8 Å². The molecule has 6 heteroatoms. The van der Waals surface area contributed by atoms with Crippen LogP contribution in [0.3, 0.4) is 0 Å². The third-order valence-corrected chi connectivity index (χ3v) is 4.72. The van der Waals surface area contributed by atoms with E-state index in [1.54, 1.807) is 17.0 Å². The fraction of sp³-hybridized carbons (Fsp3) is 0.300. The quantitative estimate of drug-likeness (QED) is 0.845. The second kappa shape index (κ2) is 8.23. The van der Waals surface area contributed by atoms with Crippen LogP contribution in [-0.2, 0) is 11.3 Å². The molecule has 1 fully saturated rings. The van der Waals surface area contributed by atoms with Crippen molar-refractivity contribution in [3.05, 3.63) is 64.7 Å². The zero-order valence-corrected chi connectivity index (χ0v) is 15.4. The zero-order chi connectivity index (χ0) is 18.5. The van der Waals surface area contributed by atoms with Crippen LogP contribution in [0.5, 0.6) is 0 Å². The maximum Gasteiger partial charge on any atom is 0.315 e. The molecular formula is C20H22ClN3O2. The predicted octanol–water partition coefficient (Wildman–Crippen LogP) is 3.50. The first-order valence-corrected chi connectivity index (χ1v) is 9.02. The SMILES string of the molecule is Cc1ccc(N2CC(CNC(=O)NCc3ccc(Cl)cc3)CC2=O)cc1. The van der Waals surface area contributed by atoms with Crippen LogP contribution in [0.4, 0.5) is 10.5 Å². The lowest BCUT2D eigenvalue weighted by atomic mass is 10.1. The maximum absolute atomic E-state index is 12.2. The van der Waals surface area contributed by atoms with Gasteiger partial charge in [0.25, 0.3) is 0 Å². The molecule has 136 valence electrons. The summed E-state index contributed by atoms with van der Waals surface area (Å²) < 4.78 is 0. The summed E-state index contributed by atoms with van der Waals surface area (Å²) in [5.41, 5.74) is 3.05. The second-order valence-electron chi connectivity index (χ2n) is 6.60. The number of urea groups is 1. The smallest absolute Gasteiger partial charge is 0.315 e. The van der Waals surface area contributed by atoms with Crippen molar-refractivity contribution in [1.82, 2.24) is 10.6 Å². The molecule has 3 amide bonds. The van der Waals surface area contributed by atoms with Gasteiger partial charge in [0, 0.05) is 42.7 Å². The van der Waals surface area contributed by atoms with Crippen LogP contribution in [0, 0.1) is 12.8 Å². The molecule has 1 atom stereocenters. The number of amides is 3. The standard InChI is InChI=1S/C20H22ClN3O2/c1-14-2-8-18(9-3-14)24-13-16(10-19(24)25)12-23-20(26)22-11-15-4-6-17(21)7-5-15/h2-9,16H,10-13H2,1H3,(H2,22,23,26). The van der Waals surface area contributed by atoms with Gasteiger partial charge in [-0.1, -0.05) is 41.4 Å². The van der Waals surface area contributed by atoms with Crippen LogP contribution in [0.25, 0.3) is 0 Å². The fourth-order valence-corrected chi connectivity index (χ4v) is 3.10. The number of nitrogens with zero attached hydrogens (tertiary/aromatic N) is 1. The third kappa shape index (κ3) is 4.76. The largest absolute Gasteiger partial charge is 0.338 e. The van der Waals surface area contributed by atoms with Gasteiger partial charge in [-0.2, -0.15) is 0 Å². The number of nitrogens with one attached hydrogen (secondary N) is 2. The van der Waals surface area contributed by atoms with Gasteiger partial charge in [-0.25, -0.2) is 4.79 Å². The highest BCUT2D eigenvalue weighted by Crippen LogP contribution is 2.24. The average Bonchev–Trinajstić information content (AvgIpc) is 3.01. The Kier molecular flexibility index (Phi) is 5.78. The van der Waals surface area contributed by atoms with Crippen molar-refractivity contribution in [2.24, 2.45) is 5.92 Å². The maximum atomic E-state index is 12.2. The molecular weight excluding hydrogens is 350 g/mol. The van der Waals surface area contributed by atoms with Crippen molar-refractivity contribution < 1.29 is 9.59 Å². The molecule has 2 N–H and O–H groups in total. The normalized spacial score (nSPS) is 16.6. The average molecular weight is 372 g/mol. The molecule has 1 unspecified atom stereocenters. The van der Waals surface area contributed by atoms with E-state index < -0.39 is 0 Å². The van der Waals surface area contributed by atoms with Crippen LogP contribution in [0.1, 0.15) is 17.5 Å². The van der Waals surface area contributed by atoms with Gasteiger partial charge < -0.3 is 15.5 Å². The molecule has 1 aliphatic rings. The molecule has 0 bridgehead atoms. The molecule has 0 spiro atoms. The molecule has 26 heavy (non-hydrogen) atoms. The summed E-state index contributed by atoms with van der Waals surface area (Å²) in [4.78, 5) is 26.0. The highest BCUT2D eigenvalue weighted by Gasteiger charge is 2.30. The number of hydrogen-bond acceptors (Lipinski definition) is 2. The van der Waals surface area contributed by atoms with E-state index in [1.165, 1.54) is 0 Å². The fourth-order valence-electron chi connectivity index (χ4n) is 2.98. The van der Waals surface area contributed by atoms with Gasteiger partial charge in [0.05, 0.1) is 0 Å². The summed E-state index contributed by atoms with van der Waals surface area (Å²) in [5.74, 6) is 0.215. The third-order valence-electron chi connectivity index (χ3n) is 4.47. The lowest BCUT2D eigenvalue weighted by Crippen LogP contribution is -2.38. The highest BCUT2D eigenvalue weighted by molar-refractivity contribution is 6.30. The summed E-state index contributed by atoms with van der Waals surface area (Å²) in [6.07, 6.45) is 0.450. The van der Waals surface area contributed by atoms with Crippen molar-refractivity contribution in [2.75, 3.05) is 18.0 Å². The minimum Gasteiger partial charge on any atom is -0.338 e. The van der Waals surface area contributed by atoms with Crippen LogP contribution < -0.4 is 15.5 Å². The number of carbonyl (C=O) groups excluding carboxylic acids is 2. The Balaban J connectivity index is 1.44. The zero-order valence-electron chi connectivity index (χ0n) is 14.7. The first-order chi connectivity index (χ1) is 12.5. The summed E-state index contributed by atoms with van der Waals surface area (Å²) in [7, 11) is 0. The molecule has 1 saturated heterocycles. The summed E-state index contributed by atoms with van der Waals surface area (Å²) in [6.45, 7) is 3.55. The second-order valence-corrected chi connectivity index (χ2v) is 7.04. The van der Waals surface area contributed by atoms with E-state index in [2.05, 4.69) is 10.6 Å². The van der Waals surface area contributed by atoms with Gasteiger partial charge in [-0.05, 0) is 36.8 Å². The Bertz CT molecular complexity index is 775. The number of anilines is 1. The predicted molar refractivity (Wildman–Crippen MR) is 103 cm³/mol. The van der Waals surface area contributed by atoms with Crippen molar-refractivity contribution in [2.45, 2.75) is 19.9 Å². The lowest BCUT2D eigenvalue weighted by Gasteiger charge is -2.17. The van der Waals surface area contributed by atoms with Gasteiger partial charge in [-0.15, -0.1) is 0 Å². The molecule has 1 heterocycles. The topological polar surface area (TPSA) is 61.4 Å². The van der Waals surface area contributed by atoms with Gasteiger partial charge in [0.1, 0.15) is 0 Å². The van der Waals surface area contributed by atoms with E-state index in [9.17, 15) is 9.59 Å². The minimum atomic E-state index is -0.235. The van der Waals surface area contributed by atoms with Crippen LogP contribution in [0.15, 0.2) is 48.5 Å². The Morgan fingerprint density at radius 2 is 1.81 bits per heavy atom. The van der Waals surface area contributed by atoms with Crippen molar-refractivity contribution in [3.63, 3.8) is 0 Å². The molecule has 5 nitrogen and oxygen atoms in total. The first-order valence-electron chi connectivity index (χ1n) is 8.64. The van der Waals surface area contributed by atoms with Crippen LogP contribution in [-0.4, -0.2) is 25.0 Å². The van der Waals surface area contributed by atoms with Crippen molar-refractivity contribution in [3.8, 4) is 0 Å². The number of carbonyl (C=O) groups is 2. The van der Waals surface area contributed by atoms with Gasteiger partial charge in [0.2, 0.25) is 5.91 Å². The summed E-state index contributed by atoms with van der Waals surface area (Å²) >= 11 is 5.84. The molecule has 0 aromatic heterocycles. The lowest BCUT2D eigenvalue weighted by molar-refractivity contribution is -0.117. The molecule has 2 aromatic rings. The monoisotopic (exact) mass is 371 g/mol. The first kappa shape index (κ1) is 18.3. The highest BCUT2D eigenvalue weighted by atomic mass is 35.5. The Hall–Kier alpha value is -2.53. The van der Waals surface area contributed by atoms with Gasteiger partial charge >= 0.3 is 6.03 Å². The van der Waals surface area contributed by atoms with Gasteiger partial charge in [0.15, 0.2) is 0 Å². The number of benzene rings is 2. The molecule has 0 radical (unpaired) electrons. The molecule has 2 aromatic carbocycles. The Morgan fingerprint density at radius 3 is 2.50 bits per heavy atom. The molecule has 0 aliphatic carbocycles. The van der Waals surface area contributed by atoms with Crippen LogP contribution >= 0.6 is 11.6 Å².